The summed E-state index contributed by atoms with van der Waals surface area (Å²) in [7, 11) is 0.0807. The Morgan fingerprint density at radius 2 is 1.89 bits per heavy atom. The van der Waals surface area contributed by atoms with Gasteiger partial charge in [-0.3, -0.25) is 14.0 Å². The lowest BCUT2D eigenvalue weighted by atomic mass is 9.92. The van der Waals surface area contributed by atoms with Crippen LogP contribution < -0.4 is 0 Å². The Morgan fingerprint density at radius 3 is 2.39 bits per heavy atom. The maximum Gasteiger partial charge on any atom is 0.225 e. The molecule has 1 amide bonds. The molecule has 28 heavy (non-hydrogen) atoms. The highest BCUT2D eigenvalue weighted by Crippen LogP contribution is 2.41. The normalized spacial score (nSPS) is 17.5. The molecule has 1 heterocycles. The lowest BCUT2D eigenvalue weighted by molar-refractivity contribution is -0.129. The van der Waals surface area contributed by atoms with E-state index < -0.39 is 11.0 Å². The van der Waals surface area contributed by atoms with Gasteiger partial charge in [-0.2, -0.15) is 0 Å². The number of hydrogen-bond acceptors (Lipinski definition) is 3. The molecule has 0 radical (unpaired) electrons. The van der Waals surface area contributed by atoms with Crippen molar-refractivity contribution in [1.82, 2.24) is 9.21 Å². The van der Waals surface area contributed by atoms with E-state index in [-0.39, 0.29) is 11.9 Å². The molecule has 5 nitrogen and oxygen atoms in total. The van der Waals surface area contributed by atoms with E-state index in [9.17, 15) is 9.00 Å². The van der Waals surface area contributed by atoms with E-state index in [0.29, 0.717) is 28.1 Å². The maximum absolute atomic E-state index is 13.5. The molecule has 0 saturated carbocycles. The zero-order chi connectivity index (χ0) is 20.8. The van der Waals surface area contributed by atoms with Gasteiger partial charge in [0.15, 0.2) is 11.0 Å². The van der Waals surface area contributed by atoms with E-state index >= 15 is 0 Å². The third kappa shape index (κ3) is 5.09. The first kappa shape index (κ1) is 23.2. The fraction of sp³-hybridized carbons (Fsp3) is 0.550. The number of carbonyl (C=O) groups excluding carboxylic acids is 1. The van der Waals surface area contributed by atoms with Crippen molar-refractivity contribution in [2.75, 3.05) is 20.3 Å². The minimum atomic E-state index is -1.52. The Labute approximate surface area is 180 Å². The number of benzene rings is 1. The first-order chi connectivity index (χ1) is 13.3. The van der Waals surface area contributed by atoms with Crippen molar-refractivity contribution in [3.63, 3.8) is 0 Å². The van der Waals surface area contributed by atoms with Gasteiger partial charge in [0.25, 0.3) is 0 Å². The minimum absolute atomic E-state index is 0.0305. The van der Waals surface area contributed by atoms with E-state index in [0.717, 1.165) is 37.1 Å². The zero-order valence-corrected chi connectivity index (χ0v) is 19.2. The van der Waals surface area contributed by atoms with Crippen LogP contribution in [-0.2, 0) is 20.5 Å². The van der Waals surface area contributed by atoms with Crippen LogP contribution in [0.1, 0.15) is 46.5 Å². The van der Waals surface area contributed by atoms with E-state index in [1.54, 1.807) is 30.2 Å². The van der Waals surface area contributed by atoms with Crippen LogP contribution in [0.25, 0.3) is 0 Å². The molecule has 8 heteroatoms. The number of amides is 1. The number of unbranched alkanes of at least 4 members (excludes halogenated alkanes) is 1. The number of methoxy groups -OCH3 is 1. The van der Waals surface area contributed by atoms with Crippen LogP contribution >= 0.6 is 23.2 Å². The zero-order valence-electron chi connectivity index (χ0n) is 16.8. The number of rotatable bonds is 10. The lowest BCUT2D eigenvalue weighted by Crippen LogP contribution is -2.54. The second-order valence-corrected chi connectivity index (χ2v) is 8.94. The Bertz CT molecular complexity index is 750. The van der Waals surface area contributed by atoms with Crippen molar-refractivity contribution in [1.29, 1.82) is 0 Å². The second-order valence-electron chi connectivity index (χ2n) is 6.70. The van der Waals surface area contributed by atoms with Crippen LogP contribution in [0.3, 0.4) is 0 Å². The summed E-state index contributed by atoms with van der Waals surface area (Å²) in [6.45, 7) is 6.54. The van der Waals surface area contributed by atoms with Gasteiger partial charge in [-0.15, -0.1) is 0 Å². The molecule has 2 unspecified atom stereocenters. The monoisotopic (exact) mass is 446 g/mol. The van der Waals surface area contributed by atoms with Crippen LogP contribution in [0, 0.1) is 0 Å². The summed E-state index contributed by atoms with van der Waals surface area (Å²) in [5.41, 5.74) is 1.15. The van der Waals surface area contributed by atoms with Gasteiger partial charge >= 0.3 is 0 Å². The van der Waals surface area contributed by atoms with Crippen molar-refractivity contribution in [2.45, 2.75) is 57.4 Å². The third-order valence-corrected chi connectivity index (χ3v) is 6.62. The largest absolute Gasteiger partial charge is 0.383 e. The molecule has 0 N–H and O–H groups in total. The Kier molecular flexibility index (Phi) is 8.81. The smallest absolute Gasteiger partial charge is 0.225 e. The summed E-state index contributed by atoms with van der Waals surface area (Å²) in [4.78, 5) is 14.5. The number of carbonyl (C=O) groups is 1. The topological polar surface area (TPSA) is 49.9 Å². The molecule has 1 aromatic carbocycles. The standard InChI is InChI=1S/C20H28Cl2N2O3S/c1-5-7-8-19-18(6-2)20(23(14(3)25)9-10-27-4)24(19)28(26)17-12-15(21)11-16(22)13-17/h11-13,19H,5-10H2,1-4H3. The van der Waals surface area contributed by atoms with Crippen LogP contribution in [0.4, 0.5) is 0 Å². The van der Waals surface area contributed by atoms with E-state index in [4.69, 9.17) is 27.9 Å². The molecule has 0 aromatic heterocycles. The van der Waals surface area contributed by atoms with Crippen LogP contribution in [0.5, 0.6) is 0 Å². The summed E-state index contributed by atoms with van der Waals surface area (Å²) < 4.78 is 20.5. The summed E-state index contributed by atoms with van der Waals surface area (Å²) in [5, 5.41) is 0.871. The van der Waals surface area contributed by atoms with Crippen molar-refractivity contribution in [3.8, 4) is 0 Å². The average molecular weight is 447 g/mol. The molecule has 2 rings (SSSR count). The van der Waals surface area contributed by atoms with Crippen molar-refractivity contribution >= 4 is 40.1 Å². The van der Waals surface area contributed by atoms with Crippen LogP contribution in [0.15, 0.2) is 34.5 Å². The number of ether oxygens (including phenoxy) is 1. The SMILES string of the molecule is CCCCC1C(CC)=C(N(CCOC)C(C)=O)N1S(=O)c1cc(Cl)cc(Cl)c1. The molecule has 1 aliphatic heterocycles. The lowest BCUT2D eigenvalue weighted by Gasteiger charge is -2.48. The number of hydrogen-bond donors (Lipinski definition) is 0. The van der Waals surface area contributed by atoms with Crippen molar-refractivity contribution < 1.29 is 13.7 Å². The molecule has 0 bridgehead atoms. The molecule has 0 spiro atoms. The first-order valence-electron chi connectivity index (χ1n) is 9.52. The highest BCUT2D eigenvalue weighted by molar-refractivity contribution is 7.83. The molecule has 156 valence electrons. The number of halogens is 2. The summed E-state index contributed by atoms with van der Waals surface area (Å²) >= 11 is 12.2. The molecule has 0 fully saturated rings. The first-order valence-corrected chi connectivity index (χ1v) is 11.4. The highest BCUT2D eigenvalue weighted by atomic mass is 35.5. The molecular weight excluding hydrogens is 419 g/mol. The summed E-state index contributed by atoms with van der Waals surface area (Å²) in [6.07, 6.45) is 3.75. The fourth-order valence-corrected chi connectivity index (χ4v) is 5.60. The quantitative estimate of drug-likeness (QED) is 0.507. The van der Waals surface area contributed by atoms with Gasteiger partial charge in [-0.05, 0) is 36.6 Å². The Morgan fingerprint density at radius 1 is 1.25 bits per heavy atom. The molecule has 0 aliphatic carbocycles. The van der Waals surface area contributed by atoms with Gasteiger partial charge in [0.1, 0.15) is 5.82 Å². The molecule has 1 aromatic rings. The maximum atomic E-state index is 13.5. The van der Waals surface area contributed by atoms with E-state index in [1.165, 1.54) is 6.92 Å². The minimum Gasteiger partial charge on any atom is -0.383 e. The van der Waals surface area contributed by atoms with Gasteiger partial charge in [-0.1, -0.05) is 49.9 Å². The highest BCUT2D eigenvalue weighted by Gasteiger charge is 2.43. The summed E-state index contributed by atoms with van der Waals surface area (Å²) in [5.74, 6) is 0.626. The Hall–Kier alpha value is -1.08. The third-order valence-electron chi connectivity index (χ3n) is 4.76. The molecule has 1 aliphatic rings. The van der Waals surface area contributed by atoms with Crippen LogP contribution in [-0.4, -0.2) is 45.6 Å². The van der Waals surface area contributed by atoms with Crippen molar-refractivity contribution in [2.24, 2.45) is 0 Å². The predicted molar refractivity (Wildman–Crippen MR) is 115 cm³/mol. The molecular formula is C20H28Cl2N2O3S. The summed E-state index contributed by atoms with van der Waals surface area (Å²) in [6, 6.07) is 4.97. The van der Waals surface area contributed by atoms with E-state index in [2.05, 4.69) is 13.8 Å². The molecule has 0 saturated heterocycles. The van der Waals surface area contributed by atoms with Gasteiger partial charge in [0.2, 0.25) is 5.91 Å². The molecule has 2 atom stereocenters. The van der Waals surface area contributed by atoms with Gasteiger partial charge in [0.05, 0.1) is 24.1 Å². The van der Waals surface area contributed by atoms with Crippen LogP contribution in [0.2, 0.25) is 10.0 Å². The number of nitrogens with zero attached hydrogens (tertiary/aromatic N) is 2. The van der Waals surface area contributed by atoms with Gasteiger partial charge < -0.3 is 4.74 Å². The van der Waals surface area contributed by atoms with Gasteiger partial charge in [0, 0.05) is 24.1 Å². The second kappa shape index (κ2) is 10.6. The Balaban J connectivity index is 2.47. The van der Waals surface area contributed by atoms with E-state index in [1.807, 2.05) is 4.31 Å². The predicted octanol–water partition coefficient (Wildman–Crippen LogP) is 5.01. The average Bonchev–Trinajstić information content (AvgIpc) is 2.62. The fourth-order valence-electron chi connectivity index (χ4n) is 3.42. The van der Waals surface area contributed by atoms with Crippen molar-refractivity contribution in [3.05, 3.63) is 39.6 Å². The van der Waals surface area contributed by atoms with Gasteiger partial charge in [-0.25, -0.2) is 4.21 Å².